The molecule has 0 aliphatic carbocycles. The molecule has 2 aromatic carbocycles. The highest BCUT2D eigenvalue weighted by molar-refractivity contribution is 6.18. The lowest BCUT2D eigenvalue weighted by atomic mass is 9.93. The largest absolute Gasteiger partial charge is 0.434 e. The molecule has 2 nitrogen and oxygen atoms in total. The van der Waals surface area contributed by atoms with Crippen molar-refractivity contribution in [1.82, 2.24) is 0 Å². The zero-order valence-electron chi connectivity index (χ0n) is 11.8. The Morgan fingerprint density at radius 2 is 1.79 bits per heavy atom. The molecule has 2 rings (SSSR count). The fourth-order valence-corrected chi connectivity index (χ4v) is 2.75. The standard InChI is InChI=1S/C16H20O2Si/c1-4-12-17-19-18-16(2,3)15-11-7-9-13-8-5-6-10-14(13)15/h5-11H,4,12H2,1-3H3. The molecule has 3 heteroatoms. The summed E-state index contributed by atoms with van der Waals surface area (Å²) in [5, 5.41) is 2.49. The summed E-state index contributed by atoms with van der Waals surface area (Å²) < 4.78 is 11.4. The maximum absolute atomic E-state index is 5.93. The molecule has 0 amide bonds. The predicted molar refractivity (Wildman–Crippen MR) is 80.1 cm³/mol. The van der Waals surface area contributed by atoms with E-state index in [1.807, 2.05) is 0 Å². The van der Waals surface area contributed by atoms with E-state index in [-0.39, 0.29) is 15.6 Å². The van der Waals surface area contributed by atoms with Crippen molar-refractivity contribution in [2.24, 2.45) is 0 Å². The minimum absolute atomic E-state index is 0.0871. The Bertz CT molecular complexity index is 532. The van der Waals surface area contributed by atoms with Crippen molar-refractivity contribution in [3.8, 4) is 0 Å². The Balaban J connectivity index is 2.22. The van der Waals surface area contributed by atoms with E-state index in [0.29, 0.717) is 0 Å². The summed E-state index contributed by atoms with van der Waals surface area (Å²) in [4.78, 5) is 0. The van der Waals surface area contributed by atoms with Gasteiger partial charge in [-0.25, -0.2) is 0 Å². The smallest absolute Gasteiger partial charge is 0.393 e. The summed E-state index contributed by atoms with van der Waals surface area (Å²) in [6, 6.07) is 14.7. The second kappa shape index (κ2) is 6.33. The third-order valence-electron chi connectivity index (χ3n) is 3.10. The molecule has 0 saturated carbocycles. The van der Waals surface area contributed by atoms with Crippen LogP contribution in [0.3, 0.4) is 0 Å². The number of hydrogen-bond donors (Lipinski definition) is 0. The van der Waals surface area contributed by atoms with Gasteiger partial charge >= 0.3 is 10.0 Å². The van der Waals surface area contributed by atoms with Crippen molar-refractivity contribution in [2.75, 3.05) is 6.61 Å². The number of rotatable bonds is 6. The Morgan fingerprint density at radius 3 is 2.58 bits per heavy atom. The molecule has 2 aromatic rings. The maximum Gasteiger partial charge on any atom is 0.434 e. The van der Waals surface area contributed by atoms with Gasteiger partial charge in [0.1, 0.15) is 0 Å². The second-order valence-corrected chi connectivity index (χ2v) is 5.73. The molecule has 0 aliphatic heterocycles. The Labute approximate surface area is 117 Å². The van der Waals surface area contributed by atoms with Gasteiger partial charge in [0.05, 0.1) is 5.60 Å². The van der Waals surface area contributed by atoms with E-state index < -0.39 is 0 Å². The highest BCUT2D eigenvalue weighted by Crippen LogP contribution is 2.30. The average Bonchev–Trinajstić information content (AvgIpc) is 2.43. The lowest BCUT2D eigenvalue weighted by Gasteiger charge is -2.26. The molecule has 0 spiro atoms. The topological polar surface area (TPSA) is 18.5 Å². The van der Waals surface area contributed by atoms with Gasteiger partial charge in [-0.3, -0.25) is 0 Å². The lowest BCUT2D eigenvalue weighted by Crippen LogP contribution is -2.25. The van der Waals surface area contributed by atoms with Crippen LogP contribution >= 0.6 is 0 Å². The molecule has 2 radical (unpaired) electrons. The maximum atomic E-state index is 5.93. The highest BCUT2D eigenvalue weighted by atomic mass is 28.3. The van der Waals surface area contributed by atoms with Gasteiger partial charge in [0.2, 0.25) is 0 Å². The highest BCUT2D eigenvalue weighted by Gasteiger charge is 2.23. The van der Waals surface area contributed by atoms with Gasteiger partial charge in [-0.1, -0.05) is 49.4 Å². The third-order valence-corrected chi connectivity index (χ3v) is 4.02. The van der Waals surface area contributed by atoms with Gasteiger partial charge in [-0.05, 0) is 36.6 Å². The summed E-state index contributed by atoms with van der Waals surface area (Å²) in [6.07, 6.45) is 1.02. The monoisotopic (exact) mass is 272 g/mol. The molecule has 0 fully saturated rings. The molecular weight excluding hydrogens is 252 g/mol. The van der Waals surface area contributed by atoms with Gasteiger partial charge in [0.25, 0.3) is 0 Å². The zero-order chi connectivity index (χ0) is 13.7. The third kappa shape index (κ3) is 3.44. The van der Waals surface area contributed by atoms with Crippen molar-refractivity contribution in [3.63, 3.8) is 0 Å². The van der Waals surface area contributed by atoms with E-state index in [1.165, 1.54) is 16.3 Å². The van der Waals surface area contributed by atoms with Crippen molar-refractivity contribution < 1.29 is 8.85 Å². The van der Waals surface area contributed by atoms with E-state index in [9.17, 15) is 0 Å². The first kappa shape index (κ1) is 14.3. The fraction of sp³-hybridized carbons (Fsp3) is 0.375. The molecule has 0 aliphatic rings. The van der Waals surface area contributed by atoms with Crippen molar-refractivity contribution in [1.29, 1.82) is 0 Å². The van der Waals surface area contributed by atoms with Crippen LogP contribution in [-0.2, 0) is 14.5 Å². The van der Waals surface area contributed by atoms with Crippen LogP contribution in [-0.4, -0.2) is 16.6 Å². The molecule has 0 N–H and O–H groups in total. The van der Waals surface area contributed by atoms with Gasteiger partial charge in [-0.2, -0.15) is 0 Å². The van der Waals surface area contributed by atoms with Gasteiger partial charge in [0.15, 0.2) is 0 Å². The molecule has 0 aromatic heterocycles. The summed E-state index contributed by atoms with van der Waals surface area (Å²) in [5.41, 5.74) is 0.866. The predicted octanol–water partition coefficient (Wildman–Crippen LogP) is 4.05. The number of hydrogen-bond acceptors (Lipinski definition) is 2. The minimum atomic E-state index is -0.340. The Morgan fingerprint density at radius 1 is 1.05 bits per heavy atom. The van der Waals surface area contributed by atoms with E-state index in [4.69, 9.17) is 8.85 Å². The lowest BCUT2D eigenvalue weighted by molar-refractivity contribution is 0.0809. The quantitative estimate of drug-likeness (QED) is 0.583. The van der Waals surface area contributed by atoms with Crippen LogP contribution in [0.15, 0.2) is 42.5 Å². The Hall–Kier alpha value is -1.16. The molecule has 0 unspecified atom stereocenters. The molecule has 19 heavy (non-hydrogen) atoms. The zero-order valence-corrected chi connectivity index (χ0v) is 12.8. The molecule has 0 bridgehead atoms. The molecular formula is C16H20O2Si. The van der Waals surface area contributed by atoms with Crippen LogP contribution < -0.4 is 0 Å². The van der Waals surface area contributed by atoms with Crippen molar-refractivity contribution in [3.05, 3.63) is 48.0 Å². The summed E-state index contributed by atoms with van der Waals surface area (Å²) >= 11 is 0. The summed E-state index contributed by atoms with van der Waals surface area (Å²) in [5.74, 6) is 0. The molecule has 0 saturated heterocycles. The average molecular weight is 272 g/mol. The minimum Gasteiger partial charge on any atom is -0.393 e. The number of benzene rings is 2. The van der Waals surface area contributed by atoms with E-state index in [0.717, 1.165) is 13.0 Å². The van der Waals surface area contributed by atoms with Crippen LogP contribution in [0.4, 0.5) is 0 Å². The molecule has 100 valence electrons. The first-order valence-corrected chi connectivity index (χ1v) is 7.50. The van der Waals surface area contributed by atoms with E-state index >= 15 is 0 Å². The Kier molecular flexibility index (Phi) is 4.74. The van der Waals surface area contributed by atoms with Crippen LogP contribution in [0.2, 0.25) is 0 Å². The summed E-state index contributed by atoms with van der Waals surface area (Å²) in [6.45, 7) is 7.04. The van der Waals surface area contributed by atoms with E-state index in [1.54, 1.807) is 0 Å². The SMILES string of the molecule is CCCO[Si]OC(C)(C)c1cccc2ccccc12. The van der Waals surface area contributed by atoms with E-state index in [2.05, 4.69) is 63.2 Å². The first-order chi connectivity index (χ1) is 9.15. The first-order valence-electron chi connectivity index (χ1n) is 6.68. The molecule has 0 atom stereocenters. The molecule has 0 heterocycles. The van der Waals surface area contributed by atoms with Gasteiger partial charge in [0, 0.05) is 6.61 Å². The van der Waals surface area contributed by atoms with Crippen LogP contribution in [0.1, 0.15) is 32.8 Å². The summed E-state index contributed by atoms with van der Waals surface area (Å²) in [7, 11) is 0.0871. The van der Waals surface area contributed by atoms with Gasteiger partial charge in [-0.15, -0.1) is 0 Å². The second-order valence-electron chi connectivity index (χ2n) is 5.07. The van der Waals surface area contributed by atoms with Crippen molar-refractivity contribution in [2.45, 2.75) is 32.8 Å². The fourth-order valence-electron chi connectivity index (χ4n) is 2.08. The number of fused-ring (bicyclic) bond motifs is 1. The van der Waals surface area contributed by atoms with Gasteiger partial charge < -0.3 is 8.85 Å². The normalized spacial score (nSPS) is 11.9. The van der Waals surface area contributed by atoms with Crippen molar-refractivity contribution >= 4 is 20.8 Å². The van der Waals surface area contributed by atoms with Crippen LogP contribution in [0.25, 0.3) is 10.8 Å². The van der Waals surface area contributed by atoms with Crippen LogP contribution in [0.5, 0.6) is 0 Å². The van der Waals surface area contributed by atoms with Crippen LogP contribution in [0, 0.1) is 0 Å².